The van der Waals surface area contributed by atoms with Crippen LogP contribution in [0.15, 0.2) is 18.2 Å². The lowest BCUT2D eigenvalue weighted by molar-refractivity contribution is 0.0252. The van der Waals surface area contributed by atoms with Crippen LogP contribution in [0, 0.1) is 19.3 Å². The molecule has 1 atom stereocenters. The third-order valence-electron chi connectivity index (χ3n) is 7.02. The summed E-state index contributed by atoms with van der Waals surface area (Å²) in [6, 6.07) is 5.77. The Morgan fingerprint density at radius 2 is 2.03 bits per heavy atom. The zero-order valence-electron chi connectivity index (χ0n) is 19.9. The van der Waals surface area contributed by atoms with Crippen molar-refractivity contribution < 1.29 is 14.3 Å². The molecule has 1 saturated heterocycles. The number of aryl methyl sites for hydroxylation is 2. The van der Waals surface area contributed by atoms with E-state index in [2.05, 4.69) is 12.8 Å². The summed E-state index contributed by atoms with van der Waals surface area (Å²) in [6.07, 6.45) is 11.7. The number of carbonyl (C=O) groups excluding carboxylic acids is 2. The monoisotopic (exact) mass is 447 g/mol. The molecular weight excluding hydrogens is 414 g/mol. The Hall–Kier alpha value is -3.07. The second-order valence-electron chi connectivity index (χ2n) is 9.37. The second-order valence-corrected chi connectivity index (χ2v) is 9.37. The van der Waals surface area contributed by atoms with E-state index >= 15 is 0 Å². The second kappa shape index (κ2) is 9.43. The summed E-state index contributed by atoms with van der Waals surface area (Å²) in [6.45, 7) is 7.43. The van der Waals surface area contributed by atoms with Crippen LogP contribution in [0.3, 0.4) is 0 Å². The van der Waals surface area contributed by atoms with Crippen LogP contribution >= 0.6 is 0 Å². The summed E-state index contributed by atoms with van der Waals surface area (Å²) in [5, 5.41) is 1.10. The van der Waals surface area contributed by atoms with Gasteiger partial charge in [0.1, 0.15) is 5.54 Å². The van der Waals surface area contributed by atoms with Crippen molar-refractivity contribution in [1.29, 1.82) is 0 Å². The number of hydrogen-bond donors (Lipinski definition) is 0. The van der Waals surface area contributed by atoms with Crippen LogP contribution in [-0.2, 0) is 17.6 Å². The van der Waals surface area contributed by atoms with Crippen molar-refractivity contribution in [2.45, 2.75) is 64.8 Å². The number of fused-ring (bicyclic) bond motifs is 2. The fraction of sp³-hybridized carbons (Fsp3) is 0.519. The van der Waals surface area contributed by atoms with Crippen molar-refractivity contribution in [3.8, 4) is 12.3 Å². The number of piperazine rings is 1. The molecule has 2 aromatic rings. The molecule has 0 N–H and O–H groups in total. The molecule has 1 fully saturated rings. The van der Waals surface area contributed by atoms with Gasteiger partial charge in [-0.25, -0.2) is 4.79 Å². The number of amides is 2. The molecule has 2 amide bonds. The number of rotatable bonds is 4. The SMILES string of the molecule is C#CC1(C)CN(C(=O)OCCCC)CCN1C(=O)c1ccc2c(C)c3c(nc2c1)CCCC3. The number of benzene rings is 1. The first kappa shape index (κ1) is 23.1. The van der Waals surface area contributed by atoms with E-state index < -0.39 is 5.54 Å². The zero-order chi connectivity index (χ0) is 23.6. The molecule has 174 valence electrons. The maximum atomic E-state index is 13.5. The first-order chi connectivity index (χ1) is 15.9. The maximum Gasteiger partial charge on any atom is 0.409 e. The number of aromatic nitrogens is 1. The summed E-state index contributed by atoms with van der Waals surface area (Å²) in [5.41, 5.74) is 4.34. The fourth-order valence-electron chi connectivity index (χ4n) is 4.96. The van der Waals surface area contributed by atoms with Gasteiger partial charge < -0.3 is 14.5 Å². The Labute approximate surface area is 196 Å². The molecule has 2 aliphatic rings. The van der Waals surface area contributed by atoms with E-state index in [4.69, 9.17) is 16.1 Å². The van der Waals surface area contributed by atoms with Crippen molar-refractivity contribution in [3.63, 3.8) is 0 Å². The minimum absolute atomic E-state index is 0.131. The third-order valence-corrected chi connectivity index (χ3v) is 7.02. The molecule has 0 spiro atoms. The molecule has 1 aromatic carbocycles. The zero-order valence-corrected chi connectivity index (χ0v) is 19.9. The minimum Gasteiger partial charge on any atom is -0.449 e. The van der Waals surface area contributed by atoms with Crippen LogP contribution in [0.1, 0.15) is 66.7 Å². The minimum atomic E-state index is -0.909. The Bertz CT molecular complexity index is 1120. The van der Waals surface area contributed by atoms with Crippen molar-refractivity contribution in [2.24, 2.45) is 0 Å². The Morgan fingerprint density at radius 3 is 2.79 bits per heavy atom. The lowest BCUT2D eigenvalue weighted by atomic mass is 9.90. The van der Waals surface area contributed by atoms with E-state index in [9.17, 15) is 9.59 Å². The van der Waals surface area contributed by atoms with Crippen molar-refractivity contribution in [2.75, 3.05) is 26.2 Å². The van der Waals surface area contributed by atoms with E-state index in [1.807, 2.05) is 32.0 Å². The van der Waals surface area contributed by atoms with E-state index in [-0.39, 0.29) is 18.5 Å². The lowest BCUT2D eigenvalue weighted by Gasteiger charge is -2.45. The van der Waals surface area contributed by atoms with Gasteiger partial charge in [0.25, 0.3) is 5.91 Å². The normalized spacial score (nSPS) is 20.3. The highest BCUT2D eigenvalue weighted by Crippen LogP contribution is 2.30. The van der Waals surface area contributed by atoms with E-state index in [0.717, 1.165) is 43.0 Å². The summed E-state index contributed by atoms with van der Waals surface area (Å²) in [5.74, 6) is 2.63. The van der Waals surface area contributed by atoms with E-state index in [1.54, 1.807) is 9.80 Å². The third kappa shape index (κ3) is 4.42. The molecule has 0 radical (unpaired) electrons. The topological polar surface area (TPSA) is 62.7 Å². The Balaban J connectivity index is 1.57. The summed E-state index contributed by atoms with van der Waals surface area (Å²) in [4.78, 5) is 34.2. The highest BCUT2D eigenvalue weighted by molar-refractivity contribution is 5.99. The van der Waals surface area contributed by atoms with Crippen molar-refractivity contribution in [1.82, 2.24) is 14.8 Å². The molecule has 1 aliphatic heterocycles. The van der Waals surface area contributed by atoms with Crippen molar-refractivity contribution >= 4 is 22.9 Å². The van der Waals surface area contributed by atoms with Gasteiger partial charge in [-0.2, -0.15) is 0 Å². The van der Waals surface area contributed by atoms with Gasteiger partial charge in [0.2, 0.25) is 0 Å². The molecule has 0 saturated carbocycles. The average molecular weight is 448 g/mol. The highest BCUT2D eigenvalue weighted by Gasteiger charge is 2.41. The molecule has 1 aromatic heterocycles. The van der Waals surface area contributed by atoms with Crippen LogP contribution in [0.5, 0.6) is 0 Å². The Kier molecular flexibility index (Phi) is 6.60. The number of pyridine rings is 1. The van der Waals surface area contributed by atoms with Gasteiger partial charge in [0.15, 0.2) is 0 Å². The smallest absolute Gasteiger partial charge is 0.409 e. The predicted molar refractivity (Wildman–Crippen MR) is 129 cm³/mol. The van der Waals surface area contributed by atoms with Gasteiger partial charge in [-0.15, -0.1) is 6.42 Å². The van der Waals surface area contributed by atoms with Crippen LogP contribution in [-0.4, -0.2) is 58.6 Å². The number of hydrogen-bond acceptors (Lipinski definition) is 4. The average Bonchev–Trinajstić information content (AvgIpc) is 2.83. The number of carbonyl (C=O) groups is 2. The summed E-state index contributed by atoms with van der Waals surface area (Å²) >= 11 is 0. The quantitative estimate of drug-likeness (QED) is 0.511. The molecule has 2 heterocycles. The standard InChI is InChI=1S/C27H33N3O3/c1-5-7-16-33-26(32)29-14-15-30(27(4,6-2)18-29)25(31)20-12-13-22-19(3)21-10-8-9-11-23(21)28-24(22)17-20/h2,12-13,17H,5,7-11,14-16,18H2,1,3-4H3. The first-order valence-corrected chi connectivity index (χ1v) is 12.0. The predicted octanol–water partition coefficient (Wildman–Crippen LogP) is 4.51. The Morgan fingerprint density at radius 1 is 1.24 bits per heavy atom. The van der Waals surface area contributed by atoms with Crippen LogP contribution in [0.2, 0.25) is 0 Å². The summed E-state index contributed by atoms with van der Waals surface area (Å²) in [7, 11) is 0. The van der Waals surface area contributed by atoms with Gasteiger partial charge in [-0.05, 0) is 69.2 Å². The highest BCUT2D eigenvalue weighted by atomic mass is 16.6. The molecule has 1 unspecified atom stereocenters. The van der Waals surface area contributed by atoms with Gasteiger partial charge in [-0.1, -0.05) is 25.3 Å². The molecular formula is C27H33N3O3. The van der Waals surface area contributed by atoms with Gasteiger partial charge in [0.05, 0.1) is 18.7 Å². The van der Waals surface area contributed by atoms with Crippen LogP contribution < -0.4 is 0 Å². The number of nitrogens with zero attached hydrogens (tertiary/aromatic N) is 3. The molecule has 1 aliphatic carbocycles. The molecule has 33 heavy (non-hydrogen) atoms. The van der Waals surface area contributed by atoms with Crippen LogP contribution in [0.4, 0.5) is 4.79 Å². The largest absolute Gasteiger partial charge is 0.449 e. The lowest BCUT2D eigenvalue weighted by Crippen LogP contribution is -2.63. The van der Waals surface area contributed by atoms with E-state index in [1.165, 1.54) is 23.2 Å². The molecule has 6 heteroatoms. The number of unbranched alkanes of at least 4 members (excludes halogenated alkanes) is 1. The van der Waals surface area contributed by atoms with Gasteiger partial charge in [0, 0.05) is 29.7 Å². The maximum absolute atomic E-state index is 13.5. The first-order valence-electron chi connectivity index (χ1n) is 12.0. The molecule has 6 nitrogen and oxygen atoms in total. The number of ether oxygens (including phenoxy) is 1. The van der Waals surface area contributed by atoms with Crippen LogP contribution in [0.25, 0.3) is 10.9 Å². The molecule has 0 bridgehead atoms. The fourth-order valence-corrected chi connectivity index (χ4v) is 4.96. The van der Waals surface area contributed by atoms with Crippen molar-refractivity contribution in [3.05, 3.63) is 40.6 Å². The van der Waals surface area contributed by atoms with E-state index in [0.29, 0.717) is 25.3 Å². The van der Waals surface area contributed by atoms with Gasteiger partial charge >= 0.3 is 6.09 Å². The summed E-state index contributed by atoms with van der Waals surface area (Å²) < 4.78 is 5.35. The molecule has 4 rings (SSSR count). The number of terminal acetylenes is 1. The van der Waals surface area contributed by atoms with Gasteiger partial charge in [-0.3, -0.25) is 9.78 Å².